The number of terminal acetylenes is 1. The summed E-state index contributed by atoms with van der Waals surface area (Å²) in [7, 11) is 0. The molecular formula is C15H24N2O2. The maximum atomic E-state index is 12.5. The maximum absolute atomic E-state index is 12.5. The summed E-state index contributed by atoms with van der Waals surface area (Å²) in [6, 6.07) is -0.891. The lowest BCUT2D eigenvalue weighted by molar-refractivity contribution is -0.151. The monoisotopic (exact) mass is 264 g/mol. The first-order valence-electron chi connectivity index (χ1n) is 6.98. The van der Waals surface area contributed by atoms with Crippen LogP contribution in [0.4, 0.5) is 0 Å². The number of nitrogens with zero attached hydrogens (tertiary/aromatic N) is 1. The lowest BCUT2D eigenvalue weighted by Crippen LogP contribution is -2.64. The molecule has 0 aliphatic carbocycles. The standard InChI is InChI=1S/C15H24N2O2/c1-6-8-12(7-2)17-11(5)14(18)16-13(15(17)19)9-10(3)4/h1,10-13H,7-9H2,2-5H3,(H,16,18). The number of amides is 2. The highest BCUT2D eigenvalue weighted by molar-refractivity contribution is 5.96. The van der Waals surface area contributed by atoms with E-state index in [1.54, 1.807) is 11.8 Å². The van der Waals surface area contributed by atoms with Gasteiger partial charge in [0.15, 0.2) is 0 Å². The van der Waals surface area contributed by atoms with Crippen molar-refractivity contribution >= 4 is 11.8 Å². The van der Waals surface area contributed by atoms with E-state index < -0.39 is 12.1 Å². The number of carbonyl (C=O) groups is 2. The molecule has 106 valence electrons. The van der Waals surface area contributed by atoms with E-state index >= 15 is 0 Å². The van der Waals surface area contributed by atoms with Crippen LogP contribution < -0.4 is 5.32 Å². The molecule has 1 saturated heterocycles. The average molecular weight is 264 g/mol. The van der Waals surface area contributed by atoms with Crippen LogP contribution in [0.2, 0.25) is 0 Å². The van der Waals surface area contributed by atoms with Crippen LogP contribution >= 0.6 is 0 Å². The van der Waals surface area contributed by atoms with Gasteiger partial charge < -0.3 is 10.2 Å². The third kappa shape index (κ3) is 3.50. The summed E-state index contributed by atoms with van der Waals surface area (Å²) >= 11 is 0. The molecule has 1 aliphatic rings. The second-order valence-electron chi connectivity index (χ2n) is 5.58. The lowest BCUT2D eigenvalue weighted by Gasteiger charge is -2.42. The van der Waals surface area contributed by atoms with Crippen LogP contribution in [0.1, 0.15) is 47.0 Å². The van der Waals surface area contributed by atoms with E-state index in [1.165, 1.54) is 0 Å². The van der Waals surface area contributed by atoms with Gasteiger partial charge in [-0.2, -0.15) is 0 Å². The van der Waals surface area contributed by atoms with Gasteiger partial charge >= 0.3 is 0 Å². The van der Waals surface area contributed by atoms with Crippen LogP contribution in [0.5, 0.6) is 0 Å². The topological polar surface area (TPSA) is 49.4 Å². The minimum atomic E-state index is -0.436. The average Bonchev–Trinajstić information content (AvgIpc) is 2.34. The second-order valence-corrected chi connectivity index (χ2v) is 5.58. The van der Waals surface area contributed by atoms with Gasteiger partial charge in [-0.15, -0.1) is 12.3 Å². The summed E-state index contributed by atoms with van der Waals surface area (Å²) in [4.78, 5) is 26.2. The summed E-state index contributed by atoms with van der Waals surface area (Å²) in [5.74, 6) is 2.88. The molecule has 1 fully saturated rings. The van der Waals surface area contributed by atoms with Crippen LogP contribution in [-0.4, -0.2) is 34.8 Å². The minimum absolute atomic E-state index is 0.00269. The van der Waals surface area contributed by atoms with Crippen LogP contribution in [-0.2, 0) is 9.59 Å². The molecule has 0 bridgehead atoms. The van der Waals surface area contributed by atoms with Gasteiger partial charge in [0.25, 0.3) is 0 Å². The largest absolute Gasteiger partial charge is 0.343 e. The highest BCUT2D eigenvalue weighted by atomic mass is 16.2. The molecule has 0 saturated carbocycles. The van der Waals surface area contributed by atoms with E-state index in [0.717, 1.165) is 6.42 Å². The van der Waals surface area contributed by atoms with Gasteiger partial charge in [0.05, 0.1) is 0 Å². The van der Waals surface area contributed by atoms with Crippen LogP contribution in [0.3, 0.4) is 0 Å². The molecule has 4 nitrogen and oxygen atoms in total. The van der Waals surface area contributed by atoms with Crippen molar-refractivity contribution in [2.75, 3.05) is 0 Å². The molecule has 0 aromatic rings. The predicted molar refractivity (Wildman–Crippen MR) is 75.2 cm³/mol. The van der Waals surface area contributed by atoms with Crippen molar-refractivity contribution in [1.29, 1.82) is 0 Å². The Hall–Kier alpha value is -1.50. The summed E-state index contributed by atoms with van der Waals surface area (Å²) in [6.07, 6.45) is 7.29. The third-order valence-electron chi connectivity index (χ3n) is 3.59. The van der Waals surface area contributed by atoms with Gasteiger partial charge in [0, 0.05) is 12.5 Å². The molecule has 3 unspecified atom stereocenters. The predicted octanol–water partition coefficient (Wildman–Crippen LogP) is 1.55. The Morgan fingerprint density at radius 2 is 2.05 bits per heavy atom. The molecular weight excluding hydrogens is 240 g/mol. The van der Waals surface area contributed by atoms with E-state index in [2.05, 4.69) is 11.2 Å². The number of nitrogens with one attached hydrogen (secondary N) is 1. The van der Waals surface area contributed by atoms with Crippen molar-refractivity contribution in [3.8, 4) is 12.3 Å². The highest BCUT2D eigenvalue weighted by Gasteiger charge is 2.40. The molecule has 19 heavy (non-hydrogen) atoms. The van der Waals surface area contributed by atoms with Gasteiger partial charge in [0.1, 0.15) is 12.1 Å². The van der Waals surface area contributed by atoms with E-state index in [9.17, 15) is 9.59 Å². The molecule has 1 rings (SSSR count). The van der Waals surface area contributed by atoms with E-state index in [0.29, 0.717) is 18.8 Å². The SMILES string of the molecule is C#CCC(CC)N1C(=O)C(CC(C)C)NC(=O)C1C. The lowest BCUT2D eigenvalue weighted by atomic mass is 9.96. The molecule has 1 heterocycles. The maximum Gasteiger partial charge on any atom is 0.246 e. The summed E-state index contributed by atoms with van der Waals surface area (Å²) in [6.45, 7) is 7.84. The zero-order valence-electron chi connectivity index (χ0n) is 12.3. The van der Waals surface area contributed by atoms with Gasteiger partial charge in [-0.1, -0.05) is 20.8 Å². The van der Waals surface area contributed by atoms with Gasteiger partial charge in [-0.3, -0.25) is 9.59 Å². The fourth-order valence-corrected chi connectivity index (χ4v) is 2.55. The Labute approximate surface area is 115 Å². The molecule has 0 spiro atoms. The summed E-state index contributed by atoms with van der Waals surface area (Å²) in [5, 5.41) is 2.82. The van der Waals surface area contributed by atoms with Crippen molar-refractivity contribution in [2.45, 2.75) is 65.1 Å². The van der Waals surface area contributed by atoms with Crippen LogP contribution in [0.15, 0.2) is 0 Å². The Morgan fingerprint density at radius 3 is 2.53 bits per heavy atom. The van der Waals surface area contributed by atoms with Crippen molar-refractivity contribution in [3.05, 3.63) is 0 Å². The zero-order valence-corrected chi connectivity index (χ0v) is 12.3. The van der Waals surface area contributed by atoms with Gasteiger partial charge in [-0.25, -0.2) is 0 Å². The molecule has 1 aliphatic heterocycles. The molecule has 0 radical (unpaired) electrons. The molecule has 2 amide bonds. The Bertz CT molecular complexity index is 384. The van der Waals surface area contributed by atoms with Gasteiger partial charge in [0.2, 0.25) is 11.8 Å². The van der Waals surface area contributed by atoms with Crippen molar-refractivity contribution in [1.82, 2.24) is 10.2 Å². The fourth-order valence-electron chi connectivity index (χ4n) is 2.55. The van der Waals surface area contributed by atoms with E-state index in [1.807, 2.05) is 20.8 Å². The Balaban J connectivity index is 2.95. The molecule has 0 aromatic heterocycles. The number of carbonyl (C=O) groups excluding carboxylic acids is 2. The zero-order chi connectivity index (χ0) is 14.6. The number of piperazine rings is 1. The quantitative estimate of drug-likeness (QED) is 0.766. The van der Waals surface area contributed by atoms with Crippen LogP contribution in [0.25, 0.3) is 0 Å². The normalized spacial score (nSPS) is 25.2. The number of hydrogen-bond acceptors (Lipinski definition) is 2. The molecule has 3 atom stereocenters. The number of rotatable bonds is 5. The van der Waals surface area contributed by atoms with Crippen molar-refractivity contribution in [2.24, 2.45) is 5.92 Å². The first-order chi connectivity index (χ1) is 8.92. The van der Waals surface area contributed by atoms with E-state index in [-0.39, 0.29) is 17.9 Å². The summed E-state index contributed by atoms with van der Waals surface area (Å²) in [5.41, 5.74) is 0. The third-order valence-corrected chi connectivity index (χ3v) is 3.59. The molecule has 0 aromatic carbocycles. The second kappa shape index (κ2) is 6.60. The first-order valence-corrected chi connectivity index (χ1v) is 6.98. The van der Waals surface area contributed by atoms with Crippen molar-refractivity contribution in [3.63, 3.8) is 0 Å². The fraction of sp³-hybridized carbons (Fsp3) is 0.733. The van der Waals surface area contributed by atoms with Crippen molar-refractivity contribution < 1.29 is 9.59 Å². The Kier molecular flexibility index (Phi) is 5.41. The Morgan fingerprint density at radius 1 is 1.42 bits per heavy atom. The number of hydrogen-bond donors (Lipinski definition) is 1. The van der Waals surface area contributed by atoms with Crippen LogP contribution in [0, 0.1) is 18.3 Å². The first kappa shape index (κ1) is 15.6. The van der Waals surface area contributed by atoms with E-state index in [4.69, 9.17) is 6.42 Å². The highest BCUT2D eigenvalue weighted by Crippen LogP contribution is 2.21. The smallest absolute Gasteiger partial charge is 0.246 e. The molecule has 1 N–H and O–H groups in total. The van der Waals surface area contributed by atoms with Gasteiger partial charge in [-0.05, 0) is 25.7 Å². The molecule has 4 heteroatoms. The summed E-state index contributed by atoms with van der Waals surface area (Å²) < 4.78 is 0. The minimum Gasteiger partial charge on any atom is -0.343 e.